The second kappa shape index (κ2) is 4.08. The molecule has 0 aliphatic heterocycles. The molecule has 0 saturated heterocycles. The quantitative estimate of drug-likeness (QED) is 0.662. The Morgan fingerprint density at radius 2 is 1.92 bits per heavy atom. The van der Waals surface area contributed by atoms with Crippen LogP contribution in [0.15, 0.2) is 0 Å². The number of hydrogen-bond acceptors (Lipinski definition) is 3. The van der Waals surface area contributed by atoms with Crippen molar-refractivity contribution in [3.8, 4) is 6.07 Å². The summed E-state index contributed by atoms with van der Waals surface area (Å²) in [6, 6.07) is 2.22. The highest BCUT2D eigenvalue weighted by molar-refractivity contribution is 5.07. The zero-order valence-electron chi connectivity index (χ0n) is 8.71. The van der Waals surface area contributed by atoms with Crippen LogP contribution in [-0.2, 0) is 4.74 Å². The molecule has 74 valence electrons. The zero-order valence-corrected chi connectivity index (χ0v) is 8.71. The van der Waals surface area contributed by atoms with E-state index in [0.717, 1.165) is 12.8 Å². The summed E-state index contributed by atoms with van der Waals surface area (Å²) >= 11 is 0. The van der Waals surface area contributed by atoms with Crippen molar-refractivity contribution in [2.45, 2.75) is 37.3 Å². The Bertz CT molecular complexity index is 201. The van der Waals surface area contributed by atoms with Gasteiger partial charge in [-0.2, -0.15) is 5.26 Å². The summed E-state index contributed by atoms with van der Waals surface area (Å²) in [5.41, 5.74) is -0.210. The van der Waals surface area contributed by atoms with Gasteiger partial charge in [0.15, 0.2) is 0 Å². The first-order valence-electron chi connectivity index (χ1n) is 4.77. The highest BCUT2D eigenvalue weighted by atomic mass is 16.5. The van der Waals surface area contributed by atoms with Crippen molar-refractivity contribution in [2.75, 3.05) is 21.2 Å². The van der Waals surface area contributed by atoms with E-state index in [4.69, 9.17) is 10.00 Å². The maximum Gasteiger partial charge on any atom is 0.127 e. The molecule has 3 nitrogen and oxygen atoms in total. The molecule has 1 atom stereocenters. The van der Waals surface area contributed by atoms with Gasteiger partial charge in [-0.05, 0) is 26.9 Å². The molecule has 0 N–H and O–H groups in total. The van der Waals surface area contributed by atoms with Crippen LogP contribution >= 0.6 is 0 Å². The minimum atomic E-state index is -0.210. The highest BCUT2D eigenvalue weighted by Crippen LogP contribution is 2.36. The Hall–Kier alpha value is -0.590. The lowest BCUT2D eigenvalue weighted by Crippen LogP contribution is -2.48. The standard InChI is InChI=1S/C10H18N2O/c1-12(2)9(8-11)10(13-3)6-4-5-7-10/h9H,4-7H2,1-3H3. The number of ether oxygens (including phenoxy) is 1. The Morgan fingerprint density at radius 1 is 1.38 bits per heavy atom. The number of hydrogen-bond donors (Lipinski definition) is 0. The molecule has 0 radical (unpaired) electrons. The van der Waals surface area contributed by atoms with E-state index in [1.165, 1.54) is 12.8 Å². The summed E-state index contributed by atoms with van der Waals surface area (Å²) in [5, 5.41) is 9.08. The fourth-order valence-electron chi connectivity index (χ4n) is 2.27. The molecule has 1 fully saturated rings. The molecule has 0 amide bonds. The number of rotatable bonds is 3. The molecule has 0 aromatic rings. The Labute approximate surface area is 80.3 Å². The van der Waals surface area contributed by atoms with Gasteiger partial charge in [0.1, 0.15) is 6.04 Å². The Morgan fingerprint density at radius 3 is 2.23 bits per heavy atom. The van der Waals surface area contributed by atoms with E-state index in [0.29, 0.717) is 0 Å². The van der Waals surface area contributed by atoms with Crippen molar-refractivity contribution in [3.63, 3.8) is 0 Å². The predicted molar refractivity (Wildman–Crippen MR) is 51.3 cm³/mol. The Balaban J connectivity index is 2.80. The van der Waals surface area contributed by atoms with Crippen LogP contribution in [0.4, 0.5) is 0 Å². The van der Waals surface area contributed by atoms with E-state index in [2.05, 4.69) is 6.07 Å². The molecule has 1 aliphatic carbocycles. The molecule has 0 aromatic heterocycles. The van der Waals surface area contributed by atoms with Gasteiger partial charge in [-0.1, -0.05) is 12.8 Å². The van der Waals surface area contributed by atoms with E-state index < -0.39 is 0 Å². The fourth-order valence-corrected chi connectivity index (χ4v) is 2.27. The second-order valence-electron chi connectivity index (χ2n) is 3.97. The van der Waals surface area contributed by atoms with Crippen LogP contribution in [0.2, 0.25) is 0 Å². The zero-order chi connectivity index (χ0) is 9.90. The first-order valence-corrected chi connectivity index (χ1v) is 4.77. The highest BCUT2D eigenvalue weighted by Gasteiger charge is 2.42. The molecule has 0 aromatic carbocycles. The van der Waals surface area contributed by atoms with Gasteiger partial charge in [-0.15, -0.1) is 0 Å². The van der Waals surface area contributed by atoms with Crippen molar-refractivity contribution >= 4 is 0 Å². The lowest BCUT2D eigenvalue weighted by molar-refractivity contribution is -0.0452. The minimum absolute atomic E-state index is 0.111. The average molecular weight is 182 g/mol. The second-order valence-corrected chi connectivity index (χ2v) is 3.97. The summed E-state index contributed by atoms with van der Waals surface area (Å²) in [6.07, 6.45) is 4.39. The largest absolute Gasteiger partial charge is 0.375 e. The lowest BCUT2D eigenvalue weighted by atomic mass is 9.92. The third kappa shape index (κ3) is 1.84. The monoisotopic (exact) mass is 182 g/mol. The van der Waals surface area contributed by atoms with Crippen LogP contribution in [0.5, 0.6) is 0 Å². The van der Waals surface area contributed by atoms with Gasteiger partial charge in [0.05, 0.1) is 11.7 Å². The van der Waals surface area contributed by atoms with Crippen LogP contribution in [0.25, 0.3) is 0 Å². The summed E-state index contributed by atoms with van der Waals surface area (Å²) in [6.45, 7) is 0. The smallest absolute Gasteiger partial charge is 0.127 e. The van der Waals surface area contributed by atoms with Crippen molar-refractivity contribution in [1.29, 1.82) is 5.26 Å². The van der Waals surface area contributed by atoms with Gasteiger partial charge in [0.25, 0.3) is 0 Å². The molecule has 1 unspecified atom stereocenters. The molecular weight excluding hydrogens is 164 g/mol. The molecule has 13 heavy (non-hydrogen) atoms. The molecule has 0 bridgehead atoms. The average Bonchev–Trinajstić information content (AvgIpc) is 2.55. The van der Waals surface area contributed by atoms with Gasteiger partial charge in [0.2, 0.25) is 0 Å². The first-order chi connectivity index (χ1) is 6.16. The molecule has 3 heteroatoms. The van der Waals surface area contributed by atoms with Crippen molar-refractivity contribution in [1.82, 2.24) is 4.90 Å². The molecule has 1 rings (SSSR count). The van der Waals surface area contributed by atoms with Crippen molar-refractivity contribution in [3.05, 3.63) is 0 Å². The summed E-state index contributed by atoms with van der Waals surface area (Å²) in [7, 11) is 5.60. The maximum absolute atomic E-state index is 9.08. The van der Waals surface area contributed by atoms with Gasteiger partial charge in [0, 0.05) is 7.11 Å². The summed E-state index contributed by atoms with van der Waals surface area (Å²) in [5.74, 6) is 0. The topological polar surface area (TPSA) is 36.3 Å². The SMILES string of the molecule is COC1(C(C#N)N(C)C)CCCC1. The minimum Gasteiger partial charge on any atom is -0.375 e. The van der Waals surface area contributed by atoms with E-state index in [-0.39, 0.29) is 11.6 Å². The van der Waals surface area contributed by atoms with Crippen LogP contribution < -0.4 is 0 Å². The molecular formula is C10H18N2O. The van der Waals surface area contributed by atoms with E-state index in [9.17, 15) is 0 Å². The Kier molecular flexibility index (Phi) is 3.29. The van der Waals surface area contributed by atoms with Crippen LogP contribution in [0.3, 0.4) is 0 Å². The number of methoxy groups -OCH3 is 1. The lowest BCUT2D eigenvalue weighted by Gasteiger charge is -2.35. The van der Waals surface area contributed by atoms with Crippen LogP contribution in [0, 0.1) is 11.3 Å². The predicted octanol–water partition coefficient (Wildman–Crippen LogP) is 1.40. The maximum atomic E-state index is 9.08. The van der Waals surface area contributed by atoms with Gasteiger partial charge >= 0.3 is 0 Å². The summed E-state index contributed by atoms with van der Waals surface area (Å²) in [4.78, 5) is 1.95. The normalized spacial score (nSPS) is 23.0. The van der Waals surface area contributed by atoms with Crippen molar-refractivity contribution in [2.24, 2.45) is 0 Å². The molecule has 1 aliphatic rings. The molecule has 0 heterocycles. The van der Waals surface area contributed by atoms with E-state index in [1.807, 2.05) is 19.0 Å². The third-order valence-corrected chi connectivity index (χ3v) is 2.99. The van der Waals surface area contributed by atoms with Gasteiger partial charge in [-0.25, -0.2) is 0 Å². The van der Waals surface area contributed by atoms with Crippen LogP contribution in [-0.4, -0.2) is 37.7 Å². The van der Waals surface area contributed by atoms with E-state index >= 15 is 0 Å². The first kappa shape index (κ1) is 10.5. The summed E-state index contributed by atoms with van der Waals surface area (Å²) < 4.78 is 5.55. The van der Waals surface area contributed by atoms with Crippen molar-refractivity contribution < 1.29 is 4.74 Å². The third-order valence-electron chi connectivity index (χ3n) is 2.99. The van der Waals surface area contributed by atoms with Gasteiger partial charge in [-0.3, -0.25) is 4.90 Å². The van der Waals surface area contributed by atoms with E-state index in [1.54, 1.807) is 7.11 Å². The number of nitrogens with zero attached hydrogens (tertiary/aromatic N) is 2. The van der Waals surface area contributed by atoms with Crippen LogP contribution in [0.1, 0.15) is 25.7 Å². The number of nitriles is 1. The molecule has 1 saturated carbocycles. The van der Waals surface area contributed by atoms with Gasteiger partial charge < -0.3 is 4.74 Å². The number of likely N-dealkylation sites (N-methyl/N-ethyl adjacent to an activating group) is 1. The fraction of sp³-hybridized carbons (Fsp3) is 0.900. The molecule has 0 spiro atoms.